The van der Waals surface area contributed by atoms with Gasteiger partial charge in [-0.05, 0) is 18.8 Å². The van der Waals surface area contributed by atoms with Crippen LogP contribution in [0, 0.1) is 5.92 Å². The van der Waals surface area contributed by atoms with Crippen LogP contribution in [0.25, 0.3) is 0 Å². The Morgan fingerprint density at radius 2 is 1.87 bits per heavy atom. The van der Waals surface area contributed by atoms with E-state index in [1.54, 1.807) is 11.8 Å². The van der Waals surface area contributed by atoms with Crippen LogP contribution in [0.15, 0.2) is 0 Å². The summed E-state index contributed by atoms with van der Waals surface area (Å²) in [6, 6.07) is 0. The molecule has 0 spiro atoms. The zero-order valence-electron chi connectivity index (χ0n) is 10.5. The van der Waals surface area contributed by atoms with Gasteiger partial charge in [0.15, 0.2) is 0 Å². The van der Waals surface area contributed by atoms with Gasteiger partial charge in [-0.2, -0.15) is 0 Å². The molecule has 0 radical (unpaired) electrons. The lowest BCUT2D eigenvalue weighted by Crippen LogP contribution is -2.37. The highest BCUT2D eigenvalue weighted by Gasteiger charge is 2.39. The summed E-state index contributed by atoms with van der Waals surface area (Å²) in [7, 11) is 0. The van der Waals surface area contributed by atoms with E-state index < -0.39 is 10.7 Å². The van der Waals surface area contributed by atoms with E-state index in [-0.39, 0.29) is 0 Å². The van der Waals surface area contributed by atoms with Crippen molar-refractivity contribution < 1.29 is 9.90 Å². The molecule has 3 heteroatoms. The third-order valence-corrected chi connectivity index (χ3v) is 4.35. The lowest BCUT2D eigenvalue weighted by molar-refractivity contribution is -0.140. The van der Waals surface area contributed by atoms with Crippen molar-refractivity contribution in [3.05, 3.63) is 0 Å². The summed E-state index contributed by atoms with van der Waals surface area (Å²) in [5, 5.41) is 9.76. The molecular weight excluding hydrogens is 208 g/mol. The number of aliphatic carboxylic acids is 1. The predicted molar refractivity (Wildman–Crippen MR) is 67.5 cm³/mol. The van der Waals surface area contributed by atoms with Crippen molar-refractivity contribution >= 4 is 17.7 Å². The van der Waals surface area contributed by atoms with Gasteiger partial charge in [0.25, 0.3) is 0 Å². The Morgan fingerprint density at radius 1 is 1.33 bits per heavy atom. The average molecular weight is 232 g/mol. The van der Waals surface area contributed by atoms with Crippen LogP contribution in [0.4, 0.5) is 0 Å². The quantitative estimate of drug-likeness (QED) is 0.725. The highest BCUT2D eigenvalue weighted by Crippen LogP contribution is 2.39. The van der Waals surface area contributed by atoms with E-state index in [2.05, 4.69) is 27.7 Å². The van der Waals surface area contributed by atoms with Crippen molar-refractivity contribution in [2.75, 3.05) is 0 Å². The van der Waals surface area contributed by atoms with Crippen molar-refractivity contribution in [2.24, 2.45) is 5.92 Å². The van der Waals surface area contributed by atoms with Crippen molar-refractivity contribution in [1.82, 2.24) is 0 Å². The molecule has 0 aliphatic carbocycles. The Bertz CT molecular complexity index is 204. The summed E-state index contributed by atoms with van der Waals surface area (Å²) >= 11 is 1.60. The van der Waals surface area contributed by atoms with Gasteiger partial charge in [0, 0.05) is 5.25 Å². The maximum Gasteiger partial charge on any atom is 0.319 e. The van der Waals surface area contributed by atoms with E-state index in [0.29, 0.717) is 17.6 Å². The van der Waals surface area contributed by atoms with Crippen LogP contribution in [0.5, 0.6) is 0 Å². The molecule has 15 heavy (non-hydrogen) atoms. The number of rotatable bonds is 7. The van der Waals surface area contributed by atoms with Gasteiger partial charge in [-0.1, -0.05) is 41.0 Å². The highest BCUT2D eigenvalue weighted by atomic mass is 32.2. The van der Waals surface area contributed by atoms with Gasteiger partial charge in [-0.25, -0.2) is 0 Å². The Morgan fingerprint density at radius 3 is 2.13 bits per heavy atom. The molecule has 0 fully saturated rings. The zero-order chi connectivity index (χ0) is 12.1. The standard InChI is InChI=1S/C12H24O2S/c1-6-10(5)8-12(7-2,11(13)14)15-9(3)4/h9-10H,6-8H2,1-5H3,(H,13,14). The van der Waals surface area contributed by atoms with Crippen LogP contribution in [0.1, 0.15) is 53.9 Å². The first-order chi connectivity index (χ1) is 6.88. The molecule has 90 valence electrons. The maximum absolute atomic E-state index is 11.4. The second kappa shape index (κ2) is 6.41. The molecule has 2 atom stereocenters. The van der Waals surface area contributed by atoms with Gasteiger partial charge in [0.2, 0.25) is 0 Å². The Labute approximate surface area is 97.8 Å². The molecule has 0 saturated heterocycles. The molecule has 0 bridgehead atoms. The van der Waals surface area contributed by atoms with Gasteiger partial charge >= 0.3 is 5.97 Å². The van der Waals surface area contributed by atoms with Crippen molar-refractivity contribution in [1.29, 1.82) is 0 Å². The molecule has 0 saturated carbocycles. The fourth-order valence-electron chi connectivity index (χ4n) is 1.72. The van der Waals surface area contributed by atoms with Crippen molar-refractivity contribution in [2.45, 2.75) is 63.9 Å². The monoisotopic (exact) mass is 232 g/mol. The zero-order valence-corrected chi connectivity index (χ0v) is 11.4. The minimum Gasteiger partial charge on any atom is -0.480 e. The third kappa shape index (κ3) is 4.45. The van der Waals surface area contributed by atoms with Crippen LogP contribution in [0.2, 0.25) is 0 Å². The summed E-state index contributed by atoms with van der Waals surface area (Å²) in [4.78, 5) is 11.4. The molecule has 0 aliphatic rings. The van der Waals surface area contributed by atoms with Crippen molar-refractivity contribution in [3.8, 4) is 0 Å². The van der Waals surface area contributed by atoms with E-state index in [1.165, 1.54) is 0 Å². The molecule has 0 aromatic carbocycles. The van der Waals surface area contributed by atoms with Gasteiger partial charge in [0.05, 0.1) is 0 Å². The summed E-state index contributed by atoms with van der Waals surface area (Å²) in [5.41, 5.74) is 0. The molecule has 0 amide bonds. The second-order valence-corrected chi connectivity index (χ2v) is 6.50. The van der Waals surface area contributed by atoms with Gasteiger partial charge in [-0.15, -0.1) is 11.8 Å². The number of thioether (sulfide) groups is 1. The Balaban J connectivity index is 4.73. The molecule has 0 heterocycles. The molecule has 0 rings (SSSR count). The van der Waals surface area contributed by atoms with E-state index in [0.717, 1.165) is 12.8 Å². The molecule has 0 aromatic rings. The summed E-state index contributed by atoms with van der Waals surface area (Å²) in [6.07, 6.45) is 2.53. The molecular formula is C12H24O2S. The number of carboxylic acids is 1. The smallest absolute Gasteiger partial charge is 0.319 e. The first-order valence-corrected chi connectivity index (χ1v) is 6.67. The lowest BCUT2D eigenvalue weighted by atomic mass is 9.91. The number of carboxylic acid groups (broad SMARTS) is 1. The fourth-order valence-corrected chi connectivity index (χ4v) is 3.27. The normalized spacial score (nSPS) is 17.5. The van der Waals surface area contributed by atoms with Crippen molar-refractivity contribution in [3.63, 3.8) is 0 Å². The number of carbonyl (C=O) groups is 1. The summed E-state index contributed by atoms with van der Waals surface area (Å²) in [5.74, 6) is -0.170. The van der Waals surface area contributed by atoms with E-state index in [1.807, 2.05) is 6.92 Å². The largest absolute Gasteiger partial charge is 0.480 e. The van der Waals surface area contributed by atoms with Gasteiger partial charge in [-0.3, -0.25) is 4.79 Å². The van der Waals surface area contributed by atoms with Crippen LogP contribution in [-0.2, 0) is 4.79 Å². The minimum absolute atomic E-state index is 0.366. The topological polar surface area (TPSA) is 37.3 Å². The van der Waals surface area contributed by atoms with E-state index in [9.17, 15) is 9.90 Å². The first-order valence-electron chi connectivity index (χ1n) is 5.79. The van der Waals surface area contributed by atoms with Crippen LogP contribution < -0.4 is 0 Å². The molecule has 2 nitrogen and oxygen atoms in total. The van der Waals surface area contributed by atoms with Crippen LogP contribution >= 0.6 is 11.8 Å². The molecule has 1 N–H and O–H groups in total. The van der Waals surface area contributed by atoms with Crippen LogP contribution in [0.3, 0.4) is 0 Å². The van der Waals surface area contributed by atoms with Crippen LogP contribution in [-0.4, -0.2) is 21.1 Å². The summed E-state index contributed by atoms with van der Waals surface area (Å²) < 4.78 is -0.580. The van der Waals surface area contributed by atoms with Gasteiger partial charge < -0.3 is 5.11 Å². The number of hydrogen-bond donors (Lipinski definition) is 1. The molecule has 0 aromatic heterocycles. The number of hydrogen-bond acceptors (Lipinski definition) is 2. The maximum atomic E-state index is 11.4. The second-order valence-electron chi connectivity index (χ2n) is 4.54. The minimum atomic E-state index is -0.649. The highest BCUT2D eigenvalue weighted by molar-refractivity contribution is 8.01. The third-order valence-electron chi connectivity index (χ3n) is 2.80. The predicted octanol–water partition coefficient (Wildman–Crippen LogP) is 3.80. The Hall–Kier alpha value is -0.180. The lowest BCUT2D eigenvalue weighted by Gasteiger charge is -2.31. The van der Waals surface area contributed by atoms with Gasteiger partial charge in [0.1, 0.15) is 4.75 Å². The average Bonchev–Trinajstić information content (AvgIpc) is 2.15. The fraction of sp³-hybridized carbons (Fsp3) is 0.917. The first kappa shape index (κ1) is 14.8. The summed E-state index contributed by atoms with van der Waals surface area (Å²) in [6.45, 7) is 10.4. The SMILES string of the molecule is CCC(C)CC(CC)(SC(C)C)C(=O)O. The van der Waals surface area contributed by atoms with E-state index in [4.69, 9.17) is 0 Å². The van der Waals surface area contributed by atoms with E-state index >= 15 is 0 Å². The Kier molecular flexibility index (Phi) is 6.34. The molecule has 0 aliphatic heterocycles. The molecule has 2 unspecified atom stereocenters.